The highest BCUT2D eigenvalue weighted by Gasteiger charge is 2.59. The minimum absolute atomic E-state index is 0.101. The van der Waals surface area contributed by atoms with E-state index in [0.717, 1.165) is 48.1 Å². The molecule has 1 N–H and O–H groups in total. The van der Waals surface area contributed by atoms with Crippen molar-refractivity contribution in [2.75, 3.05) is 6.54 Å². The Hall–Kier alpha value is -2.87. The number of hydrogen-bond donors (Lipinski definition) is 1. The van der Waals surface area contributed by atoms with Gasteiger partial charge < -0.3 is 9.72 Å². The Kier molecular flexibility index (Phi) is 3.96. The summed E-state index contributed by atoms with van der Waals surface area (Å²) in [6.45, 7) is 0.701. The number of aromatic nitrogens is 2. The molecule has 1 aromatic carbocycles. The van der Waals surface area contributed by atoms with E-state index in [-0.39, 0.29) is 22.5 Å². The number of fused-ring (bicyclic) bond motifs is 3. The molecule has 3 heterocycles. The van der Waals surface area contributed by atoms with Crippen LogP contribution in [0, 0.1) is 5.92 Å². The van der Waals surface area contributed by atoms with E-state index in [1.54, 1.807) is 0 Å². The lowest BCUT2D eigenvalue weighted by molar-refractivity contribution is -0.137. The Bertz CT molecular complexity index is 1060. The number of halogens is 3. The predicted octanol–water partition coefficient (Wildman–Crippen LogP) is 4.29. The molecule has 1 unspecified atom stereocenters. The molecule has 0 spiro atoms. The number of likely N-dealkylation sites (tertiary alicyclic amines) is 1. The van der Waals surface area contributed by atoms with Crippen molar-refractivity contribution in [3.8, 4) is 5.88 Å². The summed E-state index contributed by atoms with van der Waals surface area (Å²) in [5.74, 6) is 0.465. The van der Waals surface area contributed by atoms with Gasteiger partial charge in [-0.15, -0.1) is 0 Å². The Labute approximate surface area is 164 Å². The van der Waals surface area contributed by atoms with Crippen molar-refractivity contribution >= 4 is 23.0 Å². The molecule has 5 rings (SSSR count). The van der Waals surface area contributed by atoms with Crippen LogP contribution in [-0.2, 0) is 11.0 Å². The summed E-state index contributed by atoms with van der Waals surface area (Å²) >= 11 is 0. The van der Waals surface area contributed by atoms with Crippen LogP contribution in [0.3, 0.4) is 0 Å². The zero-order valence-electron chi connectivity index (χ0n) is 15.4. The van der Waals surface area contributed by atoms with Crippen LogP contribution in [-0.4, -0.2) is 35.1 Å². The first kappa shape index (κ1) is 18.2. The molecule has 1 saturated heterocycles. The Morgan fingerprint density at radius 3 is 2.72 bits per heavy atom. The number of nitrogens with zero attached hydrogens (tertiary/aromatic N) is 2. The van der Waals surface area contributed by atoms with Crippen LogP contribution >= 0.6 is 0 Å². The number of para-hydroxylation sites is 1. The van der Waals surface area contributed by atoms with Crippen molar-refractivity contribution in [1.29, 1.82) is 0 Å². The van der Waals surface area contributed by atoms with E-state index in [1.807, 2.05) is 30.5 Å². The van der Waals surface area contributed by atoms with Crippen LogP contribution in [0.1, 0.15) is 18.4 Å². The second kappa shape index (κ2) is 6.32. The molecule has 2 bridgehead atoms. The number of amides is 1. The number of benzene rings is 1. The average molecular weight is 402 g/mol. The zero-order valence-corrected chi connectivity index (χ0v) is 15.4. The van der Waals surface area contributed by atoms with Crippen molar-refractivity contribution in [2.45, 2.75) is 31.2 Å². The number of quaternary nitrogens is 1. The third-order valence-corrected chi connectivity index (χ3v) is 6.26. The summed E-state index contributed by atoms with van der Waals surface area (Å²) < 4.78 is 44.4. The molecule has 8 heteroatoms. The SMILES string of the molecule is O=C[N+]1(c2cccc3cc[nH]c23)C[C@H]2C[C@@H](Oc3ccc(C(F)(F)F)cn3)[C@@H]1C2. The maximum Gasteiger partial charge on any atom is 0.417 e. The van der Waals surface area contributed by atoms with E-state index >= 15 is 0 Å². The van der Waals surface area contributed by atoms with Gasteiger partial charge in [-0.1, -0.05) is 12.1 Å². The molecule has 2 fully saturated rings. The van der Waals surface area contributed by atoms with E-state index in [4.69, 9.17) is 4.74 Å². The van der Waals surface area contributed by atoms with Crippen LogP contribution < -0.4 is 9.22 Å². The number of piperidine rings is 1. The Morgan fingerprint density at radius 2 is 2.03 bits per heavy atom. The number of nitrogens with one attached hydrogen (secondary N) is 1. The minimum atomic E-state index is -4.43. The molecule has 29 heavy (non-hydrogen) atoms. The molecule has 2 aliphatic rings. The Balaban J connectivity index is 1.46. The van der Waals surface area contributed by atoms with Gasteiger partial charge in [-0.05, 0) is 18.6 Å². The van der Waals surface area contributed by atoms with Crippen molar-refractivity contribution in [1.82, 2.24) is 14.5 Å². The van der Waals surface area contributed by atoms with Crippen molar-refractivity contribution in [2.24, 2.45) is 5.92 Å². The van der Waals surface area contributed by atoms with E-state index in [0.29, 0.717) is 12.5 Å². The normalized spacial score (nSPS) is 28.7. The van der Waals surface area contributed by atoms with Crippen LogP contribution in [0.5, 0.6) is 5.88 Å². The molecule has 1 aliphatic heterocycles. The molecule has 5 nitrogen and oxygen atoms in total. The topological polar surface area (TPSA) is 55.0 Å². The highest BCUT2D eigenvalue weighted by atomic mass is 19.4. The third kappa shape index (κ3) is 2.81. The number of carbonyl (C=O) groups excluding carboxylic acids is 1. The number of pyridine rings is 1. The van der Waals surface area contributed by atoms with Gasteiger partial charge in [0.2, 0.25) is 5.88 Å². The summed E-state index contributed by atoms with van der Waals surface area (Å²) in [6, 6.07) is 9.97. The van der Waals surface area contributed by atoms with Gasteiger partial charge in [-0.3, -0.25) is 0 Å². The highest BCUT2D eigenvalue weighted by Crippen LogP contribution is 2.48. The van der Waals surface area contributed by atoms with Gasteiger partial charge >= 0.3 is 12.6 Å². The molecule has 150 valence electrons. The summed E-state index contributed by atoms with van der Waals surface area (Å²) in [5.41, 5.74) is 1.02. The average Bonchev–Trinajstić information content (AvgIpc) is 3.41. The monoisotopic (exact) mass is 402 g/mol. The van der Waals surface area contributed by atoms with E-state index < -0.39 is 11.7 Å². The van der Waals surface area contributed by atoms with Gasteiger partial charge in [0, 0.05) is 42.3 Å². The molecule has 3 aromatic rings. The first-order valence-electron chi connectivity index (χ1n) is 9.51. The standard InChI is InChI=1S/C21H19F3N3O2/c22-21(23,24)15-4-5-19(26-10-15)29-18-9-13-8-17(18)27(11-13,12-28)16-3-1-2-14-6-7-25-20(14)16/h1-7,10,12-13,17-18,25H,8-9,11H2/q+1/t13-,17+,18-,27?/m1/s1. The van der Waals surface area contributed by atoms with Gasteiger partial charge in [0.05, 0.1) is 12.1 Å². The summed E-state index contributed by atoms with van der Waals surface area (Å²) in [6.07, 6.45) is 0.497. The summed E-state index contributed by atoms with van der Waals surface area (Å²) in [7, 11) is 0. The van der Waals surface area contributed by atoms with E-state index in [1.165, 1.54) is 6.07 Å². The summed E-state index contributed by atoms with van der Waals surface area (Å²) in [4.78, 5) is 19.5. The number of carbonyl (C=O) groups is 1. The third-order valence-electron chi connectivity index (χ3n) is 6.26. The van der Waals surface area contributed by atoms with E-state index in [9.17, 15) is 18.0 Å². The second-order valence-corrected chi connectivity index (χ2v) is 7.88. The number of H-pyrrole nitrogens is 1. The van der Waals surface area contributed by atoms with Crippen LogP contribution in [0.4, 0.5) is 18.9 Å². The molecular weight excluding hydrogens is 383 g/mol. The second-order valence-electron chi connectivity index (χ2n) is 7.88. The maximum absolute atomic E-state index is 12.8. The molecule has 1 aliphatic carbocycles. The largest absolute Gasteiger partial charge is 0.468 e. The zero-order chi connectivity index (χ0) is 20.2. The number of aromatic amines is 1. The van der Waals surface area contributed by atoms with Crippen molar-refractivity contribution in [3.63, 3.8) is 0 Å². The quantitative estimate of drug-likeness (QED) is 0.523. The minimum Gasteiger partial charge on any atom is -0.468 e. The van der Waals surface area contributed by atoms with Gasteiger partial charge in [0.25, 0.3) is 0 Å². The molecule has 1 amide bonds. The van der Waals surface area contributed by atoms with Crippen molar-refractivity contribution < 1.29 is 22.7 Å². The van der Waals surface area contributed by atoms with Crippen LogP contribution in [0.2, 0.25) is 0 Å². The molecular formula is C21H19F3N3O2+. The summed E-state index contributed by atoms with van der Waals surface area (Å²) in [5, 5.41) is 1.03. The molecule has 0 radical (unpaired) electrons. The van der Waals surface area contributed by atoms with Crippen molar-refractivity contribution in [3.05, 3.63) is 54.4 Å². The Morgan fingerprint density at radius 1 is 1.17 bits per heavy atom. The van der Waals surface area contributed by atoms with E-state index in [2.05, 4.69) is 9.97 Å². The van der Waals surface area contributed by atoms with Gasteiger partial charge in [0.15, 0.2) is 11.8 Å². The lowest BCUT2D eigenvalue weighted by atomic mass is 10.0. The fourth-order valence-electron chi connectivity index (χ4n) is 5.04. The van der Waals surface area contributed by atoms with Crippen LogP contribution in [0.25, 0.3) is 10.9 Å². The first-order chi connectivity index (χ1) is 13.9. The van der Waals surface area contributed by atoms with Gasteiger partial charge in [-0.2, -0.15) is 13.2 Å². The maximum atomic E-state index is 12.8. The molecule has 1 saturated carbocycles. The van der Waals surface area contributed by atoms with Gasteiger partial charge in [0.1, 0.15) is 11.6 Å². The van der Waals surface area contributed by atoms with Crippen LogP contribution in [0.15, 0.2) is 48.8 Å². The molecule has 2 aromatic heterocycles. The lowest BCUT2D eigenvalue weighted by Crippen LogP contribution is -2.60. The fourth-order valence-corrected chi connectivity index (χ4v) is 5.04. The lowest BCUT2D eigenvalue weighted by Gasteiger charge is -2.39. The molecule has 4 atom stereocenters. The van der Waals surface area contributed by atoms with Gasteiger partial charge in [-0.25, -0.2) is 14.3 Å². The number of ether oxygens (including phenoxy) is 1. The smallest absolute Gasteiger partial charge is 0.417 e. The fraction of sp³-hybridized carbons (Fsp3) is 0.333. The predicted molar refractivity (Wildman–Crippen MR) is 101 cm³/mol. The number of hydrogen-bond acceptors (Lipinski definition) is 3. The number of rotatable bonds is 4. The first-order valence-corrected chi connectivity index (χ1v) is 9.51. The number of alkyl halides is 3. The highest BCUT2D eigenvalue weighted by molar-refractivity contribution is 5.94.